The van der Waals surface area contributed by atoms with Crippen LogP contribution in [0.25, 0.3) is 0 Å². The van der Waals surface area contributed by atoms with Crippen molar-refractivity contribution in [3.8, 4) is 5.75 Å². The Kier molecular flexibility index (Phi) is 6.07. The molecule has 0 saturated carbocycles. The van der Waals surface area contributed by atoms with Crippen molar-refractivity contribution in [2.45, 2.75) is 38.6 Å². The van der Waals surface area contributed by atoms with Crippen molar-refractivity contribution < 1.29 is 22.7 Å². The molecule has 0 radical (unpaired) electrons. The number of carbonyl (C=O) groups excluding carboxylic acids is 1. The first-order chi connectivity index (χ1) is 11.7. The number of hydrogen-bond acceptors (Lipinski definition) is 2. The summed E-state index contributed by atoms with van der Waals surface area (Å²) in [6, 6.07) is 14.9. The van der Waals surface area contributed by atoms with E-state index in [2.05, 4.69) is 10.1 Å². The van der Waals surface area contributed by atoms with Gasteiger partial charge >= 0.3 is 6.36 Å². The van der Waals surface area contributed by atoms with Crippen LogP contribution in [0.5, 0.6) is 5.75 Å². The Morgan fingerprint density at radius 1 is 1.00 bits per heavy atom. The number of hydrogen-bond donors (Lipinski definition) is 1. The maximum absolute atomic E-state index is 12.2. The van der Waals surface area contributed by atoms with Crippen LogP contribution in [-0.4, -0.2) is 12.3 Å². The number of nitrogens with one attached hydrogen (secondary N) is 1. The lowest BCUT2D eigenvalue weighted by atomic mass is 9.97. The van der Waals surface area contributed by atoms with E-state index in [4.69, 9.17) is 0 Å². The summed E-state index contributed by atoms with van der Waals surface area (Å²) in [6.45, 7) is 3.76. The molecule has 0 bridgehead atoms. The van der Waals surface area contributed by atoms with Crippen LogP contribution < -0.4 is 10.1 Å². The van der Waals surface area contributed by atoms with Gasteiger partial charge < -0.3 is 10.1 Å². The maximum Gasteiger partial charge on any atom is 0.573 e. The van der Waals surface area contributed by atoms with Gasteiger partial charge in [-0.15, -0.1) is 13.2 Å². The third-order valence-electron chi connectivity index (χ3n) is 3.85. The van der Waals surface area contributed by atoms with Crippen molar-refractivity contribution in [2.75, 3.05) is 0 Å². The molecule has 2 aromatic rings. The van der Waals surface area contributed by atoms with Gasteiger partial charge in [0.2, 0.25) is 5.91 Å². The predicted molar refractivity (Wildman–Crippen MR) is 89.2 cm³/mol. The minimum Gasteiger partial charge on any atom is -0.406 e. The third-order valence-corrected chi connectivity index (χ3v) is 3.85. The van der Waals surface area contributed by atoms with Gasteiger partial charge in [0.05, 0.1) is 6.04 Å². The van der Waals surface area contributed by atoms with Crippen LogP contribution in [0.2, 0.25) is 0 Å². The van der Waals surface area contributed by atoms with Crippen LogP contribution in [0.15, 0.2) is 54.6 Å². The summed E-state index contributed by atoms with van der Waals surface area (Å²) in [7, 11) is 0. The number of alkyl halides is 3. The number of ether oxygens (including phenoxy) is 1. The van der Waals surface area contributed by atoms with E-state index in [9.17, 15) is 18.0 Å². The Morgan fingerprint density at radius 2 is 1.60 bits per heavy atom. The van der Waals surface area contributed by atoms with E-state index in [-0.39, 0.29) is 23.6 Å². The zero-order valence-electron chi connectivity index (χ0n) is 14.0. The molecule has 0 saturated heterocycles. The molecule has 0 spiro atoms. The van der Waals surface area contributed by atoms with Crippen LogP contribution in [0.4, 0.5) is 13.2 Å². The van der Waals surface area contributed by atoms with Gasteiger partial charge in [-0.25, -0.2) is 0 Å². The number of amides is 1. The summed E-state index contributed by atoms with van der Waals surface area (Å²) in [5.41, 5.74) is 1.79. The number of rotatable bonds is 6. The van der Waals surface area contributed by atoms with E-state index in [1.165, 1.54) is 24.3 Å². The summed E-state index contributed by atoms with van der Waals surface area (Å²) >= 11 is 0. The molecule has 1 N–H and O–H groups in total. The molecule has 0 aliphatic carbocycles. The van der Waals surface area contributed by atoms with Gasteiger partial charge in [-0.3, -0.25) is 4.79 Å². The third kappa shape index (κ3) is 6.14. The highest BCUT2D eigenvalue weighted by molar-refractivity contribution is 5.77. The average Bonchev–Trinajstić information content (AvgIpc) is 2.54. The van der Waals surface area contributed by atoms with Crippen molar-refractivity contribution in [3.05, 3.63) is 65.7 Å². The molecule has 0 aliphatic rings. The lowest BCUT2D eigenvalue weighted by Crippen LogP contribution is -2.27. The first-order valence-corrected chi connectivity index (χ1v) is 7.94. The Balaban J connectivity index is 1.90. The summed E-state index contributed by atoms with van der Waals surface area (Å²) in [6.07, 6.45) is -4.38. The van der Waals surface area contributed by atoms with Gasteiger partial charge in [-0.1, -0.05) is 49.4 Å². The van der Waals surface area contributed by atoms with Crippen molar-refractivity contribution in [1.82, 2.24) is 5.32 Å². The molecule has 0 aliphatic heterocycles. The smallest absolute Gasteiger partial charge is 0.406 e. The number of carbonyl (C=O) groups is 1. The van der Waals surface area contributed by atoms with E-state index in [1.807, 2.05) is 37.3 Å². The fourth-order valence-electron chi connectivity index (χ4n) is 2.52. The van der Waals surface area contributed by atoms with E-state index in [1.54, 1.807) is 6.92 Å². The molecule has 0 aromatic heterocycles. The molecular formula is C19H20F3NO2. The molecule has 2 unspecified atom stereocenters. The van der Waals surface area contributed by atoms with E-state index in [0.717, 1.165) is 5.56 Å². The lowest BCUT2D eigenvalue weighted by Gasteiger charge is -2.17. The normalized spacial score (nSPS) is 13.8. The highest BCUT2D eigenvalue weighted by atomic mass is 19.4. The molecule has 2 rings (SSSR count). The SMILES string of the molecule is CC(CC(=O)NC(C)c1ccc(OC(F)(F)F)cc1)c1ccccc1. The maximum atomic E-state index is 12.2. The highest BCUT2D eigenvalue weighted by Crippen LogP contribution is 2.25. The van der Waals surface area contributed by atoms with Crippen LogP contribution in [-0.2, 0) is 4.79 Å². The summed E-state index contributed by atoms with van der Waals surface area (Å²) in [5, 5.41) is 2.86. The van der Waals surface area contributed by atoms with E-state index in [0.29, 0.717) is 12.0 Å². The second-order valence-electron chi connectivity index (χ2n) is 5.92. The standard InChI is InChI=1S/C19H20F3NO2/c1-13(15-6-4-3-5-7-15)12-18(24)23-14(2)16-8-10-17(11-9-16)25-19(20,21)22/h3-11,13-14H,12H2,1-2H3,(H,23,24). The summed E-state index contributed by atoms with van der Waals surface area (Å²) < 4.78 is 40.3. The van der Waals surface area contributed by atoms with Crippen LogP contribution in [0, 0.1) is 0 Å². The molecule has 1 amide bonds. The minimum absolute atomic E-state index is 0.0796. The Labute approximate surface area is 144 Å². The van der Waals surface area contributed by atoms with Gasteiger partial charge in [0.25, 0.3) is 0 Å². The van der Waals surface area contributed by atoms with E-state index >= 15 is 0 Å². The summed E-state index contributed by atoms with van der Waals surface area (Å²) in [4.78, 5) is 12.2. The topological polar surface area (TPSA) is 38.3 Å². The lowest BCUT2D eigenvalue weighted by molar-refractivity contribution is -0.274. The largest absolute Gasteiger partial charge is 0.573 e. The first-order valence-electron chi connectivity index (χ1n) is 7.94. The second kappa shape index (κ2) is 8.05. The average molecular weight is 351 g/mol. The molecular weight excluding hydrogens is 331 g/mol. The van der Waals surface area contributed by atoms with Gasteiger partial charge in [0.1, 0.15) is 5.75 Å². The molecule has 134 valence electrons. The highest BCUT2D eigenvalue weighted by Gasteiger charge is 2.31. The number of benzene rings is 2. The summed E-state index contributed by atoms with van der Waals surface area (Å²) in [5.74, 6) is -0.317. The van der Waals surface area contributed by atoms with Crippen molar-refractivity contribution >= 4 is 5.91 Å². The molecule has 25 heavy (non-hydrogen) atoms. The predicted octanol–water partition coefficient (Wildman–Crippen LogP) is 4.96. The molecule has 0 fully saturated rings. The van der Waals surface area contributed by atoms with Gasteiger partial charge in [0, 0.05) is 6.42 Å². The van der Waals surface area contributed by atoms with Gasteiger partial charge in [0.15, 0.2) is 0 Å². The second-order valence-corrected chi connectivity index (χ2v) is 5.92. The quantitative estimate of drug-likeness (QED) is 0.799. The van der Waals surface area contributed by atoms with E-state index < -0.39 is 6.36 Å². The molecule has 2 atom stereocenters. The fraction of sp³-hybridized carbons (Fsp3) is 0.316. The minimum atomic E-state index is -4.71. The Morgan fingerprint density at radius 3 is 2.16 bits per heavy atom. The molecule has 2 aromatic carbocycles. The monoisotopic (exact) mass is 351 g/mol. The van der Waals surface area contributed by atoms with Gasteiger partial charge in [-0.2, -0.15) is 0 Å². The van der Waals surface area contributed by atoms with Crippen LogP contribution in [0.3, 0.4) is 0 Å². The molecule has 3 nitrogen and oxygen atoms in total. The zero-order chi connectivity index (χ0) is 18.4. The van der Waals surface area contributed by atoms with Crippen molar-refractivity contribution in [2.24, 2.45) is 0 Å². The van der Waals surface area contributed by atoms with Crippen LogP contribution in [0.1, 0.15) is 43.4 Å². The van der Waals surface area contributed by atoms with Gasteiger partial charge in [-0.05, 0) is 36.1 Å². The molecule has 0 heterocycles. The number of halogens is 3. The van der Waals surface area contributed by atoms with Crippen molar-refractivity contribution in [3.63, 3.8) is 0 Å². The Bertz CT molecular complexity index is 684. The first kappa shape index (κ1) is 18.8. The van der Waals surface area contributed by atoms with Crippen molar-refractivity contribution in [1.29, 1.82) is 0 Å². The molecule has 6 heteroatoms. The Hall–Kier alpha value is -2.50. The van der Waals surface area contributed by atoms with Crippen LogP contribution >= 0.6 is 0 Å². The zero-order valence-corrected chi connectivity index (χ0v) is 14.0. The fourth-order valence-corrected chi connectivity index (χ4v) is 2.52.